The number of hydrogen-bond donors (Lipinski definition) is 0. The summed E-state index contributed by atoms with van der Waals surface area (Å²) in [6.45, 7) is 4.34. The summed E-state index contributed by atoms with van der Waals surface area (Å²) in [6.07, 6.45) is 8.57. The molecule has 2 aromatic rings. The van der Waals surface area contributed by atoms with E-state index in [2.05, 4.69) is 5.92 Å². The molecule has 0 heterocycles. The Morgan fingerprint density at radius 3 is 2.54 bits per heavy atom. The van der Waals surface area contributed by atoms with Crippen molar-refractivity contribution in [3.8, 4) is 23.8 Å². The number of hydrogen-bond acceptors (Lipinski definition) is 3. The van der Waals surface area contributed by atoms with Gasteiger partial charge in [-0.25, -0.2) is 4.39 Å². The fraction of sp³-hybridized carbons (Fsp3) is 0.261. The quantitative estimate of drug-likeness (QED) is 0.506. The number of carbonyl (C=O) groups excluding carboxylic acids is 1. The number of carbonyl (C=O) groups is 1. The van der Waals surface area contributed by atoms with E-state index in [4.69, 9.17) is 15.9 Å². The van der Waals surface area contributed by atoms with Gasteiger partial charge in [-0.1, -0.05) is 24.1 Å². The van der Waals surface area contributed by atoms with E-state index >= 15 is 0 Å². The number of methoxy groups -OCH3 is 1. The van der Waals surface area contributed by atoms with Gasteiger partial charge in [-0.3, -0.25) is 4.79 Å². The highest BCUT2D eigenvalue weighted by Gasteiger charge is 2.11. The second kappa shape index (κ2) is 10.2. The van der Waals surface area contributed by atoms with Crippen LogP contribution in [0.15, 0.2) is 48.5 Å². The molecular formula is C23H24FNO3. The van der Waals surface area contributed by atoms with Crippen LogP contribution in [0.1, 0.15) is 25.0 Å². The number of benzene rings is 2. The zero-order chi connectivity index (χ0) is 20.5. The molecule has 0 atom stereocenters. The first kappa shape index (κ1) is 21.0. The normalized spacial score (nSPS) is 10.7. The van der Waals surface area contributed by atoms with Crippen LogP contribution in [0.5, 0.6) is 11.5 Å². The van der Waals surface area contributed by atoms with E-state index in [9.17, 15) is 9.18 Å². The van der Waals surface area contributed by atoms with Crippen LogP contribution in [-0.4, -0.2) is 30.6 Å². The molecule has 0 saturated carbocycles. The summed E-state index contributed by atoms with van der Waals surface area (Å²) in [7, 11) is 1.57. The topological polar surface area (TPSA) is 38.8 Å². The number of rotatable bonds is 8. The summed E-state index contributed by atoms with van der Waals surface area (Å²) in [5, 5.41) is 0. The Bertz CT molecular complexity index is 866. The number of ether oxygens (including phenoxy) is 2. The van der Waals surface area contributed by atoms with Crippen LogP contribution in [-0.2, 0) is 11.3 Å². The third-order valence-corrected chi connectivity index (χ3v) is 3.85. The molecule has 0 spiro atoms. The highest BCUT2D eigenvalue weighted by atomic mass is 19.1. The Morgan fingerprint density at radius 1 is 1.21 bits per heavy atom. The van der Waals surface area contributed by atoms with Crippen LogP contribution < -0.4 is 9.47 Å². The standard InChI is InChI=1S/C23H24FNO3/c1-5-14-25(16-19-6-10-20(24)11-7-19)23(26)13-9-18-8-12-21(28-17(2)3)22(15-18)27-4/h1,6-13,15,17H,14,16H2,2-4H3/b13-9+. The van der Waals surface area contributed by atoms with Gasteiger partial charge in [-0.15, -0.1) is 6.42 Å². The van der Waals surface area contributed by atoms with Crippen LogP contribution in [0, 0.1) is 18.2 Å². The molecule has 28 heavy (non-hydrogen) atoms. The Morgan fingerprint density at radius 2 is 1.93 bits per heavy atom. The van der Waals surface area contributed by atoms with Crippen molar-refractivity contribution in [2.45, 2.75) is 26.5 Å². The van der Waals surface area contributed by atoms with E-state index < -0.39 is 0 Å². The van der Waals surface area contributed by atoms with Gasteiger partial charge < -0.3 is 14.4 Å². The molecule has 0 aliphatic carbocycles. The van der Waals surface area contributed by atoms with Gasteiger partial charge >= 0.3 is 0 Å². The number of amides is 1. The highest BCUT2D eigenvalue weighted by molar-refractivity contribution is 5.92. The average Bonchev–Trinajstić information content (AvgIpc) is 2.67. The summed E-state index contributed by atoms with van der Waals surface area (Å²) in [5.74, 6) is 3.17. The lowest BCUT2D eigenvalue weighted by Crippen LogP contribution is -2.29. The molecule has 1 amide bonds. The maximum atomic E-state index is 13.1. The minimum absolute atomic E-state index is 0.0284. The summed E-state index contributed by atoms with van der Waals surface area (Å²) < 4.78 is 24.1. The van der Waals surface area contributed by atoms with Gasteiger partial charge in [0, 0.05) is 12.6 Å². The monoisotopic (exact) mass is 381 g/mol. The van der Waals surface area contributed by atoms with E-state index in [1.807, 2.05) is 19.9 Å². The maximum absolute atomic E-state index is 13.1. The zero-order valence-corrected chi connectivity index (χ0v) is 16.3. The fourth-order valence-corrected chi connectivity index (χ4v) is 2.54. The molecule has 0 aliphatic heterocycles. The molecule has 5 heteroatoms. The Labute approximate surface area is 165 Å². The molecule has 0 unspecified atom stereocenters. The van der Waals surface area contributed by atoms with E-state index in [-0.39, 0.29) is 24.4 Å². The van der Waals surface area contributed by atoms with Crippen LogP contribution in [0.3, 0.4) is 0 Å². The Hall–Kier alpha value is -3.26. The first-order valence-electron chi connectivity index (χ1n) is 8.92. The van der Waals surface area contributed by atoms with Gasteiger partial charge in [0.25, 0.3) is 0 Å². The maximum Gasteiger partial charge on any atom is 0.247 e. The first-order chi connectivity index (χ1) is 13.4. The summed E-state index contributed by atoms with van der Waals surface area (Å²) in [4.78, 5) is 14.1. The molecule has 0 aromatic heterocycles. The largest absolute Gasteiger partial charge is 0.493 e. The van der Waals surface area contributed by atoms with Crippen LogP contribution >= 0.6 is 0 Å². The molecule has 0 bridgehead atoms. The summed E-state index contributed by atoms with van der Waals surface area (Å²) in [5.41, 5.74) is 1.60. The van der Waals surface area contributed by atoms with Crippen molar-refractivity contribution in [3.63, 3.8) is 0 Å². The van der Waals surface area contributed by atoms with Crippen molar-refractivity contribution in [3.05, 3.63) is 65.5 Å². The number of halogens is 1. The second-order valence-corrected chi connectivity index (χ2v) is 6.44. The molecule has 2 rings (SSSR count). The van der Waals surface area contributed by atoms with Crippen LogP contribution in [0.2, 0.25) is 0 Å². The van der Waals surface area contributed by atoms with E-state index in [1.165, 1.54) is 23.1 Å². The van der Waals surface area contributed by atoms with E-state index in [0.717, 1.165) is 11.1 Å². The predicted octanol–water partition coefficient (Wildman–Crippen LogP) is 4.30. The van der Waals surface area contributed by atoms with Gasteiger partial charge in [0.1, 0.15) is 5.82 Å². The van der Waals surface area contributed by atoms with E-state index in [0.29, 0.717) is 18.0 Å². The molecule has 2 aromatic carbocycles. The fourth-order valence-electron chi connectivity index (χ4n) is 2.54. The van der Waals surface area contributed by atoms with Crippen LogP contribution in [0.25, 0.3) is 6.08 Å². The third kappa shape index (κ3) is 6.17. The van der Waals surface area contributed by atoms with Crippen molar-refractivity contribution in [2.24, 2.45) is 0 Å². The van der Waals surface area contributed by atoms with Crippen molar-refractivity contribution < 1.29 is 18.7 Å². The smallest absolute Gasteiger partial charge is 0.247 e. The Kier molecular flexibility index (Phi) is 7.65. The van der Waals surface area contributed by atoms with Crippen molar-refractivity contribution in [1.29, 1.82) is 0 Å². The van der Waals surface area contributed by atoms with Crippen molar-refractivity contribution >= 4 is 12.0 Å². The summed E-state index contributed by atoms with van der Waals surface area (Å²) >= 11 is 0. The first-order valence-corrected chi connectivity index (χ1v) is 8.92. The van der Waals surface area contributed by atoms with Gasteiger partial charge in [0.05, 0.1) is 19.8 Å². The van der Waals surface area contributed by atoms with Gasteiger partial charge in [0.2, 0.25) is 5.91 Å². The molecule has 0 aliphatic rings. The molecule has 0 radical (unpaired) electrons. The van der Waals surface area contributed by atoms with Gasteiger partial charge in [-0.2, -0.15) is 0 Å². The molecule has 146 valence electrons. The zero-order valence-electron chi connectivity index (χ0n) is 16.3. The van der Waals surface area contributed by atoms with E-state index in [1.54, 1.807) is 37.5 Å². The average molecular weight is 381 g/mol. The molecule has 4 nitrogen and oxygen atoms in total. The molecule has 0 saturated heterocycles. The summed E-state index contributed by atoms with van der Waals surface area (Å²) in [6, 6.07) is 11.4. The minimum Gasteiger partial charge on any atom is -0.493 e. The minimum atomic E-state index is -0.322. The second-order valence-electron chi connectivity index (χ2n) is 6.44. The van der Waals surface area contributed by atoms with Gasteiger partial charge in [0.15, 0.2) is 11.5 Å². The molecular weight excluding hydrogens is 357 g/mol. The SMILES string of the molecule is C#CCN(Cc1ccc(F)cc1)C(=O)/C=C/c1ccc(OC(C)C)c(OC)c1. The lowest BCUT2D eigenvalue weighted by Gasteiger charge is -2.18. The Balaban J connectivity index is 2.12. The highest BCUT2D eigenvalue weighted by Crippen LogP contribution is 2.29. The number of terminal acetylenes is 1. The third-order valence-electron chi connectivity index (χ3n) is 3.85. The van der Waals surface area contributed by atoms with Crippen molar-refractivity contribution in [2.75, 3.05) is 13.7 Å². The molecule has 0 N–H and O–H groups in total. The van der Waals surface area contributed by atoms with Gasteiger partial charge in [-0.05, 0) is 55.3 Å². The van der Waals surface area contributed by atoms with Crippen molar-refractivity contribution in [1.82, 2.24) is 4.90 Å². The van der Waals surface area contributed by atoms with Crippen LogP contribution in [0.4, 0.5) is 4.39 Å². The number of nitrogens with zero attached hydrogens (tertiary/aromatic N) is 1. The predicted molar refractivity (Wildman–Crippen MR) is 108 cm³/mol. The lowest BCUT2D eigenvalue weighted by atomic mass is 10.1. The lowest BCUT2D eigenvalue weighted by molar-refractivity contribution is -0.125. The molecule has 0 fully saturated rings.